The van der Waals surface area contributed by atoms with Gasteiger partial charge in [-0.25, -0.2) is 0 Å². The molecule has 0 aromatic carbocycles. The molecule has 0 unspecified atom stereocenters. The monoisotopic (exact) mass is 325 g/mol. The maximum Gasteiger partial charge on any atom is 0.325 e. The van der Waals surface area contributed by atoms with Crippen molar-refractivity contribution in [1.29, 1.82) is 0 Å². The molecule has 0 aromatic heterocycles. The zero-order valence-corrected chi connectivity index (χ0v) is 15.0. The largest absolute Gasteiger partial charge is 0.464 e. The maximum atomic E-state index is 11.7. The van der Waals surface area contributed by atoms with Gasteiger partial charge in [0.1, 0.15) is 6.54 Å². The number of amides is 1. The summed E-state index contributed by atoms with van der Waals surface area (Å²) in [6.07, 6.45) is 15.2. The topological polar surface area (TPSA) is 46.6 Å². The quantitative estimate of drug-likeness (QED) is 0.371. The maximum absolute atomic E-state index is 11.7. The fourth-order valence-electron chi connectivity index (χ4n) is 3.01. The van der Waals surface area contributed by atoms with E-state index in [9.17, 15) is 9.59 Å². The van der Waals surface area contributed by atoms with Gasteiger partial charge in [0.05, 0.1) is 6.61 Å². The molecule has 4 heteroatoms. The standard InChI is InChI=1S/C19H35NO3/c1-2-3-4-5-6-7-8-9-10-13-16-23-19(22)17-20-15-12-11-14-18(20)21/h2-17H2,1H3. The van der Waals surface area contributed by atoms with Crippen molar-refractivity contribution < 1.29 is 14.3 Å². The number of esters is 1. The van der Waals surface area contributed by atoms with Gasteiger partial charge in [0.25, 0.3) is 0 Å². The van der Waals surface area contributed by atoms with Crippen LogP contribution < -0.4 is 0 Å². The predicted molar refractivity (Wildman–Crippen MR) is 93.2 cm³/mol. The van der Waals surface area contributed by atoms with E-state index in [4.69, 9.17) is 4.74 Å². The third-order valence-electron chi connectivity index (χ3n) is 4.50. The third-order valence-corrected chi connectivity index (χ3v) is 4.50. The molecule has 1 rings (SSSR count). The molecule has 1 heterocycles. The Morgan fingerprint density at radius 3 is 2.17 bits per heavy atom. The number of carbonyl (C=O) groups is 2. The van der Waals surface area contributed by atoms with Crippen LogP contribution in [0, 0.1) is 0 Å². The van der Waals surface area contributed by atoms with E-state index in [0.29, 0.717) is 19.6 Å². The summed E-state index contributed by atoms with van der Waals surface area (Å²) in [5.41, 5.74) is 0. The lowest BCUT2D eigenvalue weighted by molar-refractivity contribution is -0.150. The van der Waals surface area contributed by atoms with Crippen molar-refractivity contribution in [3.63, 3.8) is 0 Å². The summed E-state index contributed by atoms with van der Waals surface area (Å²) in [5.74, 6) is -0.164. The van der Waals surface area contributed by atoms with Gasteiger partial charge in [-0.05, 0) is 19.3 Å². The van der Waals surface area contributed by atoms with E-state index < -0.39 is 0 Å². The highest BCUT2D eigenvalue weighted by atomic mass is 16.5. The molecule has 4 nitrogen and oxygen atoms in total. The van der Waals surface area contributed by atoms with Crippen LogP contribution in [-0.2, 0) is 14.3 Å². The van der Waals surface area contributed by atoms with Crippen LogP contribution in [0.25, 0.3) is 0 Å². The van der Waals surface area contributed by atoms with Gasteiger partial charge in [0.2, 0.25) is 5.91 Å². The molecule has 1 saturated heterocycles. The molecule has 0 N–H and O–H groups in total. The van der Waals surface area contributed by atoms with Gasteiger partial charge in [-0.3, -0.25) is 9.59 Å². The summed E-state index contributed by atoms with van der Waals surface area (Å²) in [6.45, 7) is 3.58. The van der Waals surface area contributed by atoms with Crippen molar-refractivity contribution >= 4 is 11.9 Å². The minimum atomic E-state index is -0.254. The molecule has 1 aliphatic heterocycles. The first-order valence-corrected chi connectivity index (χ1v) is 9.67. The second kappa shape index (κ2) is 13.4. The number of rotatable bonds is 13. The van der Waals surface area contributed by atoms with Gasteiger partial charge in [-0.1, -0.05) is 64.7 Å². The van der Waals surface area contributed by atoms with Gasteiger partial charge >= 0.3 is 5.97 Å². The SMILES string of the molecule is CCCCCCCCCCCCOC(=O)CN1CCCCC1=O. The molecule has 0 bridgehead atoms. The summed E-state index contributed by atoms with van der Waals surface area (Å²) < 4.78 is 5.23. The second-order valence-electron chi connectivity index (χ2n) is 6.67. The van der Waals surface area contributed by atoms with Crippen LogP contribution in [0.4, 0.5) is 0 Å². The van der Waals surface area contributed by atoms with Gasteiger partial charge in [-0.2, -0.15) is 0 Å². The molecular weight excluding hydrogens is 290 g/mol. The second-order valence-corrected chi connectivity index (χ2v) is 6.67. The number of ether oxygens (including phenoxy) is 1. The van der Waals surface area contributed by atoms with Crippen LogP contribution in [-0.4, -0.2) is 36.5 Å². The van der Waals surface area contributed by atoms with E-state index >= 15 is 0 Å². The fraction of sp³-hybridized carbons (Fsp3) is 0.895. The Balaban J connectivity index is 1.86. The smallest absolute Gasteiger partial charge is 0.325 e. The summed E-state index contributed by atoms with van der Waals surface area (Å²) >= 11 is 0. The average molecular weight is 325 g/mol. The van der Waals surface area contributed by atoms with E-state index in [1.807, 2.05) is 0 Å². The molecule has 0 aromatic rings. The molecule has 1 fully saturated rings. The van der Waals surface area contributed by atoms with Gasteiger partial charge in [-0.15, -0.1) is 0 Å². The summed E-state index contributed by atoms with van der Waals surface area (Å²) in [7, 11) is 0. The van der Waals surface area contributed by atoms with Crippen LogP contribution in [0.5, 0.6) is 0 Å². The van der Waals surface area contributed by atoms with Crippen LogP contribution in [0.15, 0.2) is 0 Å². The van der Waals surface area contributed by atoms with Crippen LogP contribution in [0.2, 0.25) is 0 Å². The number of hydrogen-bond acceptors (Lipinski definition) is 3. The van der Waals surface area contributed by atoms with Crippen molar-refractivity contribution in [2.24, 2.45) is 0 Å². The lowest BCUT2D eigenvalue weighted by Crippen LogP contribution is -2.39. The van der Waals surface area contributed by atoms with E-state index in [1.165, 1.54) is 51.4 Å². The molecule has 0 saturated carbocycles. The van der Waals surface area contributed by atoms with E-state index in [-0.39, 0.29) is 18.4 Å². The summed E-state index contributed by atoms with van der Waals surface area (Å²) in [6, 6.07) is 0. The van der Waals surface area contributed by atoms with Crippen LogP contribution in [0.3, 0.4) is 0 Å². The van der Waals surface area contributed by atoms with E-state index in [2.05, 4.69) is 6.92 Å². The minimum Gasteiger partial charge on any atom is -0.464 e. The predicted octanol–water partition coefficient (Wildman–Crippen LogP) is 4.46. The molecule has 1 aliphatic rings. The zero-order valence-electron chi connectivity index (χ0n) is 15.0. The first-order chi connectivity index (χ1) is 11.2. The van der Waals surface area contributed by atoms with Gasteiger partial charge < -0.3 is 9.64 Å². The third kappa shape index (κ3) is 10.4. The first-order valence-electron chi connectivity index (χ1n) is 9.67. The molecule has 0 aliphatic carbocycles. The number of carbonyl (C=O) groups excluding carboxylic acids is 2. The Morgan fingerprint density at radius 1 is 0.957 bits per heavy atom. The fourth-order valence-corrected chi connectivity index (χ4v) is 3.01. The van der Waals surface area contributed by atoms with E-state index in [1.54, 1.807) is 4.90 Å². The van der Waals surface area contributed by atoms with Crippen molar-refractivity contribution in [3.05, 3.63) is 0 Å². The Kier molecular flexibility index (Phi) is 11.6. The lowest BCUT2D eigenvalue weighted by Gasteiger charge is -2.25. The molecule has 134 valence electrons. The Labute approximate surface area is 141 Å². The molecule has 0 atom stereocenters. The number of likely N-dealkylation sites (tertiary alicyclic amines) is 1. The van der Waals surface area contributed by atoms with Crippen LogP contribution in [0.1, 0.15) is 90.4 Å². The summed E-state index contributed by atoms with van der Waals surface area (Å²) in [4.78, 5) is 24.9. The van der Waals surface area contributed by atoms with Crippen molar-refractivity contribution in [2.45, 2.75) is 90.4 Å². The number of unbranched alkanes of at least 4 members (excludes halogenated alkanes) is 9. The average Bonchev–Trinajstić information content (AvgIpc) is 2.55. The molecule has 1 amide bonds. The highest BCUT2D eigenvalue weighted by Crippen LogP contribution is 2.11. The van der Waals surface area contributed by atoms with Gasteiger partial charge in [0, 0.05) is 13.0 Å². The summed E-state index contributed by atoms with van der Waals surface area (Å²) in [5, 5.41) is 0. The molecule has 0 radical (unpaired) electrons. The number of nitrogens with zero attached hydrogens (tertiary/aromatic N) is 1. The van der Waals surface area contributed by atoms with E-state index in [0.717, 1.165) is 25.7 Å². The van der Waals surface area contributed by atoms with Crippen LogP contribution >= 0.6 is 0 Å². The van der Waals surface area contributed by atoms with Crippen molar-refractivity contribution in [1.82, 2.24) is 4.90 Å². The molecule has 23 heavy (non-hydrogen) atoms. The van der Waals surface area contributed by atoms with Crippen molar-refractivity contribution in [2.75, 3.05) is 19.7 Å². The first kappa shape index (κ1) is 20.0. The minimum absolute atomic E-state index is 0.0899. The highest BCUT2D eigenvalue weighted by molar-refractivity contribution is 5.82. The lowest BCUT2D eigenvalue weighted by atomic mass is 10.1. The number of piperidine rings is 1. The Bertz CT molecular complexity index is 331. The normalized spacial score (nSPS) is 15.0. The Morgan fingerprint density at radius 2 is 1.57 bits per heavy atom. The van der Waals surface area contributed by atoms with Crippen molar-refractivity contribution in [3.8, 4) is 0 Å². The number of hydrogen-bond donors (Lipinski definition) is 0. The highest BCUT2D eigenvalue weighted by Gasteiger charge is 2.20. The molecule has 0 spiro atoms. The molecular formula is C19H35NO3. The zero-order chi connectivity index (χ0) is 16.8. The van der Waals surface area contributed by atoms with Gasteiger partial charge in [0.15, 0.2) is 0 Å². The Hall–Kier alpha value is -1.06.